The molecule has 126 valence electrons. The van der Waals surface area contributed by atoms with Crippen molar-refractivity contribution >= 4 is 11.6 Å². The van der Waals surface area contributed by atoms with Gasteiger partial charge in [0.05, 0.1) is 18.7 Å². The van der Waals surface area contributed by atoms with Gasteiger partial charge in [0.1, 0.15) is 0 Å². The largest absolute Gasteiger partial charge is 0.338 e. The Kier molecular flexibility index (Phi) is 3.27. The molecule has 1 amide bonds. The third kappa shape index (κ3) is 2.66. The minimum atomic E-state index is 0.281. The first-order valence-corrected chi connectivity index (χ1v) is 9.07. The standard InChI is InChI=1S/C21H21N3O/c1-13-6-15(4-5-22-13)21-19-8-18-12-24(11-14-2-3-14)20(25)9-16(18)7-17(19)10-23-21/h4-8,14H,2-3,9-12H2,1H3. The van der Waals surface area contributed by atoms with Gasteiger partial charge in [-0.15, -0.1) is 0 Å². The molecule has 3 aliphatic rings. The van der Waals surface area contributed by atoms with Gasteiger partial charge in [-0.25, -0.2) is 0 Å². The zero-order valence-corrected chi connectivity index (χ0v) is 14.5. The normalized spacial score (nSPS) is 18.8. The van der Waals surface area contributed by atoms with Crippen LogP contribution in [0.25, 0.3) is 0 Å². The molecule has 3 heterocycles. The lowest BCUT2D eigenvalue weighted by atomic mass is 9.91. The van der Waals surface area contributed by atoms with E-state index in [-0.39, 0.29) is 5.91 Å². The second kappa shape index (κ2) is 5.51. The third-order valence-corrected chi connectivity index (χ3v) is 5.49. The van der Waals surface area contributed by atoms with Crippen molar-refractivity contribution in [2.24, 2.45) is 10.9 Å². The van der Waals surface area contributed by atoms with Gasteiger partial charge in [-0.2, -0.15) is 0 Å². The third-order valence-electron chi connectivity index (χ3n) is 5.49. The first kappa shape index (κ1) is 14.8. The highest BCUT2D eigenvalue weighted by Crippen LogP contribution is 2.33. The number of carbonyl (C=O) groups is 1. The van der Waals surface area contributed by atoms with Crippen LogP contribution in [0.5, 0.6) is 0 Å². The highest BCUT2D eigenvalue weighted by atomic mass is 16.2. The van der Waals surface area contributed by atoms with Crippen LogP contribution in [0, 0.1) is 12.8 Å². The smallest absolute Gasteiger partial charge is 0.227 e. The van der Waals surface area contributed by atoms with Gasteiger partial charge in [-0.1, -0.05) is 6.07 Å². The Hall–Kier alpha value is -2.49. The summed E-state index contributed by atoms with van der Waals surface area (Å²) < 4.78 is 0. The van der Waals surface area contributed by atoms with Gasteiger partial charge in [-0.05, 0) is 60.6 Å². The van der Waals surface area contributed by atoms with Crippen LogP contribution in [0.2, 0.25) is 0 Å². The number of rotatable bonds is 3. The van der Waals surface area contributed by atoms with Crippen LogP contribution in [-0.2, 0) is 24.3 Å². The number of carbonyl (C=O) groups excluding carboxylic acids is 1. The number of aryl methyl sites for hydroxylation is 1. The molecule has 1 fully saturated rings. The van der Waals surface area contributed by atoms with Crippen molar-refractivity contribution in [1.82, 2.24) is 9.88 Å². The van der Waals surface area contributed by atoms with Crippen molar-refractivity contribution in [3.05, 3.63) is 64.0 Å². The molecule has 2 aliphatic heterocycles. The molecule has 0 atom stereocenters. The summed E-state index contributed by atoms with van der Waals surface area (Å²) in [5.41, 5.74) is 8.16. The summed E-state index contributed by atoms with van der Waals surface area (Å²) in [5, 5.41) is 0. The highest BCUT2D eigenvalue weighted by molar-refractivity contribution is 6.15. The summed E-state index contributed by atoms with van der Waals surface area (Å²) in [6, 6.07) is 8.61. The second-order valence-electron chi connectivity index (χ2n) is 7.52. The molecule has 25 heavy (non-hydrogen) atoms. The number of hydrogen-bond donors (Lipinski definition) is 0. The Balaban J connectivity index is 1.50. The number of nitrogens with zero attached hydrogens (tertiary/aromatic N) is 3. The van der Waals surface area contributed by atoms with Gasteiger partial charge in [0.15, 0.2) is 0 Å². The van der Waals surface area contributed by atoms with E-state index in [1.54, 1.807) is 0 Å². The number of hydrogen-bond acceptors (Lipinski definition) is 3. The van der Waals surface area contributed by atoms with Crippen LogP contribution < -0.4 is 0 Å². The molecular formula is C21H21N3O. The molecule has 1 aromatic heterocycles. The van der Waals surface area contributed by atoms with Crippen molar-refractivity contribution in [3.63, 3.8) is 0 Å². The van der Waals surface area contributed by atoms with Crippen molar-refractivity contribution in [2.45, 2.75) is 39.3 Å². The summed E-state index contributed by atoms with van der Waals surface area (Å²) in [4.78, 5) is 23.5. The van der Waals surface area contributed by atoms with E-state index in [2.05, 4.69) is 28.1 Å². The lowest BCUT2D eigenvalue weighted by Gasteiger charge is -2.29. The maximum atomic E-state index is 12.4. The van der Waals surface area contributed by atoms with Crippen LogP contribution >= 0.6 is 0 Å². The number of aromatic nitrogens is 1. The van der Waals surface area contributed by atoms with Crippen molar-refractivity contribution in [3.8, 4) is 0 Å². The molecule has 1 saturated carbocycles. The van der Waals surface area contributed by atoms with E-state index in [9.17, 15) is 4.79 Å². The maximum Gasteiger partial charge on any atom is 0.227 e. The molecule has 2 aromatic rings. The Bertz CT molecular complexity index is 911. The molecule has 5 rings (SSSR count). The number of fused-ring (bicyclic) bond motifs is 2. The molecular weight excluding hydrogens is 310 g/mol. The molecule has 1 aliphatic carbocycles. The SMILES string of the molecule is Cc1cc(C2=NCc3cc4c(cc32)CN(CC2CC2)C(=O)C4)ccn1. The second-order valence-corrected chi connectivity index (χ2v) is 7.52. The first-order chi connectivity index (χ1) is 12.2. The van der Waals surface area contributed by atoms with Crippen molar-refractivity contribution in [2.75, 3.05) is 6.54 Å². The minimum Gasteiger partial charge on any atom is -0.338 e. The molecule has 4 heteroatoms. The van der Waals surface area contributed by atoms with E-state index in [4.69, 9.17) is 4.99 Å². The van der Waals surface area contributed by atoms with Crippen LogP contribution in [-0.4, -0.2) is 28.0 Å². The predicted octanol–water partition coefficient (Wildman–Crippen LogP) is 3.04. The van der Waals surface area contributed by atoms with Crippen molar-refractivity contribution in [1.29, 1.82) is 0 Å². The summed E-state index contributed by atoms with van der Waals surface area (Å²) in [5.74, 6) is 1.01. The van der Waals surface area contributed by atoms with Gasteiger partial charge in [0.25, 0.3) is 0 Å². The lowest BCUT2D eigenvalue weighted by Crippen LogP contribution is -2.37. The molecule has 4 nitrogen and oxygen atoms in total. The topological polar surface area (TPSA) is 45.6 Å². The van der Waals surface area contributed by atoms with Gasteiger partial charge >= 0.3 is 0 Å². The van der Waals surface area contributed by atoms with Gasteiger partial charge < -0.3 is 4.90 Å². The first-order valence-electron chi connectivity index (χ1n) is 9.07. The summed E-state index contributed by atoms with van der Waals surface area (Å²) >= 11 is 0. The van der Waals surface area contributed by atoms with Gasteiger partial charge in [0, 0.05) is 36.1 Å². The van der Waals surface area contributed by atoms with Crippen LogP contribution in [0.15, 0.2) is 35.5 Å². The van der Waals surface area contributed by atoms with Crippen LogP contribution in [0.4, 0.5) is 0 Å². The van der Waals surface area contributed by atoms with Gasteiger partial charge in [-0.3, -0.25) is 14.8 Å². The zero-order chi connectivity index (χ0) is 17.0. The molecule has 0 unspecified atom stereocenters. The fourth-order valence-electron chi connectivity index (χ4n) is 3.94. The molecule has 0 saturated heterocycles. The highest BCUT2D eigenvalue weighted by Gasteiger charge is 2.31. The average molecular weight is 331 g/mol. The average Bonchev–Trinajstić information content (AvgIpc) is 3.31. The predicted molar refractivity (Wildman–Crippen MR) is 96.6 cm³/mol. The summed E-state index contributed by atoms with van der Waals surface area (Å²) in [7, 11) is 0. The molecule has 0 spiro atoms. The fourth-order valence-corrected chi connectivity index (χ4v) is 3.94. The Labute approximate surface area is 147 Å². The summed E-state index contributed by atoms with van der Waals surface area (Å²) in [6.45, 7) is 4.40. The van der Waals surface area contributed by atoms with Crippen LogP contribution in [0.1, 0.15) is 46.4 Å². The molecule has 0 bridgehead atoms. The number of benzene rings is 1. The maximum absolute atomic E-state index is 12.4. The Morgan fingerprint density at radius 1 is 1.16 bits per heavy atom. The summed E-state index contributed by atoms with van der Waals surface area (Å²) in [6.07, 6.45) is 4.94. The molecule has 1 aromatic carbocycles. The number of pyridine rings is 1. The number of aliphatic imine (C=N–C) groups is 1. The quantitative estimate of drug-likeness (QED) is 0.868. The molecule has 0 N–H and O–H groups in total. The van der Waals surface area contributed by atoms with E-state index in [0.717, 1.165) is 36.0 Å². The van der Waals surface area contributed by atoms with Crippen LogP contribution in [0.3, 0.4) is 0 Å². The lowest BCUT2D eigenvalue weighted by molar-refractivity contribution is -0.132. The van der Waals surface area contributed by atoms with Crippen molar-refractivity contribution < 1.29 is 4.79 Å². The minimum absolute atomic E-state index is 0.281. The fraction of sp³-hybridized carbons (Fsp3) is 0.381. The number of amides is 1. The Morgan fingerprint density at radius 3 is 2.84 bits per heavy atom. The monoisotopic (exact) mass is 331 g/mol. The van der Waals surface area contributed by atoms with E-state index in [1.807, 2.05) is 19.2 Å². The van der Waals surface area contributed by atoms with E-state index >= 15 is 0 Å². The molecule has 0 radical (unpaired) electrons. The van der Waals surface area contributed by atoms with E-state index in [1.165, 1.54) is 35.1 Å². The van der Waals surface area contributed by atoms with E-state index in [0.29, 0.717) is 13.0 Å². The van der Waals surface area contributed by atoms with E-state index < -0.39 is 0 Å². The van der Waals surface area contributed by atoms with Gasteiger partial charge in [0.2, 0.25) is 5.91 Å². The Morgan fingerprint density at radius 2 is 2.04 bits per heavy atom. The zero-order valence-electron chi connectivity index (χ0n) is 14.5.